The average molecular weight is 636 g/mol. The molecule has 0 spiro atoms. The fourth-order valence-electron chi connectivity index (χ4n) is 4.90. The summed E-state index contributed by atoms with van der Waals surface area (Å²) in [7, 11) is 0. The van der Waals surface area contributed by atoms with Gasteiger partial charge in [0.25, 0.3) is 0 Å². The smallest absolute Gasteiger partial charge is 0.509 e. The summed E-state index contributed by atoms with van der Waals surface area (Å²) < 4.78 is 10.4. The first-order chi connectivity index (χ1) is 16.8. The Bertz CT molecular complexity index is 1670. The van der Waals surface area contributed by atoms with Gasteiger partial charge in [-0.25, -0.2) is 4.98 Å². The molecule has 6 aromatic rings. The average Bonchev–Trinajstić information content (AvgIpc) is 3.43. The quantitative estimate of drug-likeness (QED) is 0.216. The molecule has 0 saturated heterocycles. The summed E-state index contributed by atoms with van der Waals surface area (Å²) in [5.74, 6) is 2.14. The van der Waals surface area contributed by atoms with Gasteiger partial charge in [-0.1, -0.05) is 42.6 Å². The van der Waals surface area contributed by atoms with Crippen LogP contribution in [0.25, 0.3) is 33.3 Å². The molecule has 0 radical (unpaired) electrons. The maximum absolute atomic E-state index is 6.29. The second kappa shape index (κ2) is 8.83. The molecular weight excluding hydrogens is 615 g/mol. The second-order valence-electron chi connectivity index (χ2n) is 8.51. The van der Waals surface area contributed by atoms with Crippen molar-refractivity contribution in [3.05, 3.63) is 109 Å². The molecule has 0 N–H and O–H groups in total. The molecule has 4 heterocycles. The van der Waals surface area contributed by atoms with E-state index in [0.717, 1.165) is 52.6 Å². The van der Waals surface area contributed by atoms with Gasteiger partial charge in [0.05, 0.1) is 0 Å². The Morgan fingerprint density at radius 2 is 1.63 bits per heavy atom. The van der Waals surface area contributed by atoms with Crippen molar-refractivity contribution in [3.8, 4) is 23.0 Å². The Morgan fingerprint density at radius 3 is 2.54 bits per heavy atom. The fourth-order valence-corrected chi connectivity index (χ4v) is 4.90. The normalized spacial score (nSPS) is 12.6. The third kappa shape index (κ3) is 3.67. The van der Waals surface area contributed by atoms with Crippen LogP contribution in [0.4, 0.5) is 0 Å². The van der Waals surface area contributed by atoms with Gasteiger partial charge in [0.2, 0.25) is 0 Å². The molecule has 5 nitrogen and oxygen atoms in total. The summed E-state index contributed by atoms with van der Waals surface area (Å²) in [6.45, 7) is 0. The zero-order valence-electron chi connectivity index (χ0n) is 18.7. The van der Waals surface area contributed by atoms with Crippen molar-refractivity contribution in [2.45, 2.75) is 19.3 Å². The molecular formula is C29H20N4OPt. The minimum Gasteiger partial charge on any atom is -0.509 e. The van der Waals surface area contributed by atoms with Crippen LogP contribution in [0.15, 0.2) is 85.2 Å². The fraction of sp³-hybridized carbons (Fsp3) is 0.103. The van der Waals surface area contributed by atoms with Crippen LogP contribution in [0.1, 0.15) is 17.7 Å². The number of fused-ring (bicyclic) bond motifs is 6. The minimum absolute atomic E-state index is 0. The Balaban J connectivity index is 0.00000229. The Labute approximate surface area is 217 Å². The number of nitrogens with zero attached hydrogens (tertiary/aromatic N) is 4. The van der Waals surface area contributed by atoms with E-state index in [-0.39, 0.29) is 21.1 Å². The van der Waals surface area contributed by atoms with Crippen LogP contribution in [-0.4, -0.2) is 19.3 Å². The van der Waals surface area contributed by atoms with Crippen LogP contribution in [0.3, 0.4) is 0 Å². The van der Waals surface area contributed by atoms with Gasteiger partial charge in [-0.2, -0.15) is 17.2 Å². The third-order valence-electron chi connectivity index (χ3n) is 6.45. The van der Waals surface area contributed by atoms with Gasteiger partial charge in [0.1, 0.15) is 5.82 Å². The number of rotatable bonds is 3. The Kier molecular flexibility index (Phi) is 5.50. The molecule has 0 amide bonds. The maximum atomic E-state index is 6.29. The zero-order valence-corrected chi connectivity index (χ0v) is 21.0. The van der Waals surface area contributed by atoms with Gasteiger partial charge in [-0.3, -0.25) is 4.68 Å². The monoisotopic (exact) mass is 635 g/mol. The molecule has 0 aliphatic carbocycles. The van der Waals surface area contributed by atoms with Crippen molar-refractivity contribution in [1.29, 1.82) is 0 Å². The van der Waals surface area contributed by atoms with Crippen LogP contribution in [0, 0.1) is 12.1 Å². The van der Waals surface area contributed by atoms with Gasteiger partial charge in [-0.05, 0) is 41.8 Å². The van der Waals surface area contributed by atoms with Crippen molar-refractivity contribution >= 4 is 21.8 Å². The molecule has 7 rings (SSSR count). The third-order valence-corrected chi connectivity index (χ3v) is 6.45. The first-order valence-electron chi connectivity index (χ1n) is 11.5. The predicted molar refractivity (Wildman–Crippen MR) is 132 cm³/mol. The molecule has 1 aliphatic heterocycles. The van der Waals surface area contributed by atoms with Crippen LogP contribution < -0.4 is 4.74 Å². The van der Waals surface area contributed by atoms with Crippen molar-refractivity contribution < 1.29 is 25.8 Å². The van der Waals surface area contributed by atoms with Crippen molar-refractivity contribution in [2.24, 2.45) is 0 Å². The number of pyridine rings is 1. The number of hydrogen-bond donors (Lipinski definition) is 0. The van der Waals surface area contributed by atoms with Crippen LogP contribution >= 0.6 is 0 Å². The molecule has 1 aliphatic rings. The molecule has 0 unspecified atom stereocenters. The van der Waals surface area contributed by atoms with Gasteiger partial charge in [0.15, 0.2) is 0 Å². The molecule has 0 saturated carbocycles. The number of hydrogen-bond acceptors (Lipinski definition) is 3. The Hall–Kier alpha value is -3.69. The van der Waals surface area contributed by atoms with Crippen molar-refractivity contribution in [3.63, 3.8) is 0 Å². The summed E-state index contributed by atoms with van der Waals surface area (Å²) in [6, 6.07) is 31.5. The summed E-state index contributed by atoms with van der Waals surface area (Å²) in [5.41, 5.74) is 5.44. The first-order valence-corrected chi connectivity index (χ1v) is 11.5. The van der Waals surface area contributed by atoms with Gasteiger partial charge in [0, 0.05) is 35.1 Å². The van der Waals surface area contributed by atoms with Gasteiger partial charge >= 0.3 is 21.1 Å². The number of aryl methyl sites for hydroxylation is 2. The molecule has 0 atom stereocenters. The van der Waals surface area contributed by atoms with Crippen LogP contribution in [0.2, 0.25) is 0 Å². The Morgan fingerprint density at radius 1 is 0.771 bits per heavy atom. The molecule has 3 aromatic carbocycles. The molecule has 172 valence electrons. The number of aromatic nitrogens is 4. The minimum atomic E-state index is 0. The van der Waals surface area contributed by atoms with Gasteiger partial charge < -0.3 is 9.30 Å². The largest absolute Gasteiger partial charge is 2.00 e. The summed E-state index contributed by atoms with van der Waals surface area (Å²) in [6.07, 6.45) is 6.79. The van der Waals surface area contributed by atoms with Crippen molar-refractivity contribution in [1.82, 2.24) is 19.3 Å². The van der Waals surface area contributed by atoms with E-state index in [1.54, 1.807) is 0 Å². The number of benzene rings is 3. The van der Waals surface area contributed by atoms with E-state index in [4.69, 9.17) is 4.74 Å². The topological polar surface area (TPSA) is 44.9 Å². The van der Waals surface area contributed by atoms with Crippen LogP contribution in [-0.2, 0) is 33.9 Å². The van der Waals surface area contributed by atoms with E-state index in [1.165, 1.54) is 11.3 Å². The predicted octanol–water partition coefficient (Wildman–Crippen LogP) is 6.24. The SMILES string of the molecule is [Pt+2].[c-]1c(Oc2[c-]c3c(cc2)c2ccccc2n3-c2ccccn2)ccc2c1-n1nccc1CCC2. The summed E-state index contributed by atoms with van der Waals surface area (Å²) in [4.78, 5) is 4.59. The van der Waals surface area contributed by atoms with E-state index in [9.17, 15) is 0 Å². The van der Waals surface area contributed by atoms with E-state index in [0.29, 0.717) is 11.5 Å². The molecule has 3 aromatic heterocycles. The molecule has 0 bridgehead atoms. The molecule has 0 fully saturated rings. The summed E-state index contributed by atoms with van der Waals surface area (Å²) in [5, 5.41) is 6.80. The van der Waals surface area contributed by atoms with E-state index >= 15 is 0 Å². The van der Waals surface area contributed by atoms with Crippen LogP contribution in [0.5, 0.6) is 11.5 Å². The number of ether oxygens (including phenoxy) is 1. The molecule has 35 heavy (non-hydrogen) atoms. The standard InChI is InChI=1S/C29H20N4O.Pt/c1-2-9-26-24(8-1)25-14-13-23(19-28(25)32(26)29-10-3-4-16-30-29)34-22-12-11-20-6-5-7-21-15-17-31-33(21)27(20)18-22;/h1-4,8-17H,5-7H2;/q-2;+2. The number of para-hydroxylation sites is 1. The van der Waals surface area contributed by atoms with Gasteiger partial charge in [-0.15, -0.1) is 35.2 Å². The summed E-state index contributed by atoms with van der Waals surface area (Å²) >= 11 is 0. The maximum Gasteiger partial charge on any atom is 2.00 e. The first kappa shape index (κ1) is 21.8. The zero-order chi connectivity index (χ0) is 22.5. The molecule has 6 heteroatoms. The van der Waals surface area contributed by atoms with Crippen molar-refractivity contribution in [2.75, 3.05) is 0 Å². The second-order valence-corrected chi connectivity index (χ2v) is 8.51. The van der Waals surface area contributed by atoms with E-state index < -0.39 is 0 Å². The van der Waals surface area contributed by atoms with E-state index in [1.807, 2.05) is 53.5 Å². The van der Waals surface area contributed by atoms with E-state index in [2.05, 4.69) is 63.2 Å².